The summed E-state index contributed by atoms with van der Waals surface area (Å²) in [5.41, 5.74) is 0.0466. The number of halogens is 1. The number of amides is 1. The molecular formula is C15H16BrNO6S. The molecule has 0 aliphatic carbocycles. The molecule has 7 nitrogen and oxygen atoms in total. The Morgan fingerprint density at radius 3 is 2.08 bits per heavy atom. The first-order chi connectivity index (χ1) is 11.2. The lowest BCUT2D eigenvalue weighted by Crippen LogP contribution is -2.34. The third kappa shape index (κ3) is 4.81. The second-order valence-electron chi connectivity index (χ2n) is 4.75. The number of methoxy groups -OCH3 is 2. The summed E-state index contributed by atoms with van der Waals surface area (Å²) in [5, 5.41) is -0.306. The molecule has 0 aromatic heterocycles. The molecule has 24 heavy (non-hydrogen) atoms. The van der Waals surface area contributed by atoms with Gasteiger partial charge in [0, 0.05) is 29.0 Å². The Kier molecular flexibility index (Phi) is 7.43. The minimum absolute atomic E-state index is 0.0466. The molecule has 0 unspecified atom stereocenters. The molecule has 130 valence electrons. The zero-order chi connectivity index (χ0) is 18.4. The van der Waals surface area contributed by atoms with Crippen molar-refractivity contribution in [2.75, 3.05) is 28.3 Å². The number of carbonyl (C=O) groups is 4. The summed E-state index contributed by atoms with van der Waals surface area (Å²) in [7, 11) is 5.28. The second kappa shape index (κ2) is 8.84. The van der Waals surface area contributed by atoms with Crippen LogP contribution in [0.25, 0.3) is 0 Å². The van der Waals surface area contributed by atoms with Crippen LogP contribution in [0.15, 0.2) is 27.6 Å². The van der Waals surface area contributed by atoms with Crippen molar-refractivity contribution in [2.45, 2.75) is 4.90 Å². The number of nitrogens with zero attached hydrogens (tertiary/aromatic N) is 1. The SMILES string of the molecule is COC(=O)C(C(=O)OC)C(=O)c1cc(Br)ccc1SC(=O)N(C)C. The van der Waals surface area contributed by atoms with Crippen molar-refractivity contribution < 1.29 is 28.7 Å². The summed E-state index contributed by atoms with van der Waals surface area (Å²) in [6, 6.07) is 4.63. The van der Waals surface area contributed by atoms with Crippen LogP contribution in [-0.2, 0) is 19.1 Å². The van der Waals surface area contributed by atoms with Crippen LogP contribution in [0.4, 0.5) is 4.79 Å². The number of Topliss-reactive ketones (excluding diaryl/α,β-unsaturated/α-hetero) is 1. The first kappa shape index (κ1) is 20.2. The highest BCUT2D eigenvalue weighted by Crippen LogP contribution is 2.30. The molecule has 0 radical (unpaired) electrons. The maximum absolute atomic E-state index is 12.7. The Morgan fingerprint density at radius 1 is 1.08 bits per heavy atom. The maximum atomic E-state index is 12.7. The molecule has 0 spiro atoms. The largest absolute Gasteiger partial charge is 0.468 e. The monoisotopic (exact) mass is 417 g/mol. The molecule has 0 N–H and O–H groups in total. The molecule has 0 saturated heterocycles. The van der Waals surface area contributed by atoms with E-state index in [0.717, 1.165) is 26.0 Å². The quantitative estimate of drug-likeness (QED) is 0.314. The Bertz CT molecular complexity index is 660. The van der Waals surface area contributed by atoms with Gasteiger partial charge >= 0.3 is 11.9 Å². The fourth-order valence-corrected chi connectivity index (χ4v) is 2.81. The molecule has 0 fully saturated rings. The smallest absolute Gasteiger partial charge is 0.328 e. The van der Waals surface area contributed by atoms with E-state index in [9.17, 15) is 19.2 Å². The molecule has 0 saturated carbocycles. The third-order valence-corrected chi connectivity index (χ3v) is 4.51. The van der Waals surface area contributed by atoms with E-state index in [-0.39, 0.29) is 10.8 Å². The highest BCUT2D eigenvalue weighted by atomic mass is 79.9. The summed E-state index contributed by atoms with van der Waals surface area (Å²) in [5.74, 6) is -4.60. The van der Waals surface area contributed by atoms with Gasteiger partial charge in [-0.05, 0) is 30.0 Å². The molecule has 1 amide bonds. The van der Waals surface area contributed by atoms with Gasteiger partial charge in [0.05, 0.1) is 14.2 Å². The molecule has 0 aliphatic rings. The number of thioether (sulfide) groups is 1. The molecule has 0 aliphatic heterocycles. The number of esters is 2. The van der Waals surface area contributed by atoms with E-state index in [1.165, 1.54) is 11.0 Å². The van der Waals surface area contributed by atoms with E-state index < -0.39 is 23.6 Å². The maximum Gasteiger partial charge on any atom is 0.328 e. The van der Waals surface area contributed by atoms with Crippen LogP contribution in [0.2, 0.25) is 0 Å². The van der Waals surface area contributed by atoms with Crippen molar-refractivity contribution in [1.29, 1.82) is 0 Å². The van der Waals surface area contributed by atoms with Crippen molar-refractivity contribution in [2.24, 2.45) is 5.92 Å². The molecular weight excluding hydrogens is 402 g/mol. The van der Waals surface area contributed by atoms with Gasteiger partial charge in [-0.25, -0.2) is 0 Å². The average Bonchev–Trinajstić information content (AvgIpc) is 2.55. The zero-order valence-corrected chi connectivity index (χ0v) is 15.9. The molecule has 1 aromatic rings. The van der Waals surface area contributed by atoms with Crippen molar-refractivity contribution >= 4 is 50.7 Å². The van der Waals surface area contributed by atoms with E-state index in [0.29, 0.717) is 9.37 Å². The first-order valence-electron chi connectivity index (χ1n) is 6.61. The summed E-state index contributed by atoms with van der Waals surface area (Å²) in [6.45, 7) is 0. The van der Waals surface area contributed by atoms with Crippen molar-refractivity contribution in [1.82, 2.24) is 4.90 Å². The number of rotatable bonds is 5. The highest BCUT2D eigenvalue weighted by molar-refractivity contribution is 9.10. The second-order valence-corrected chi connectivity index (χ2v) is 6.66. The van der Waals surface area contributed by atoms with Crippen LogP contribution in [0.1, 0.15) is 10.4 Å². The van der Waals surface area contributed by atoms with Crippen LogP contribution in [0.5, 0.6) is 0 Å². The Balaban J connectivity index is 3.33. The lowest BCUT2D eigenvalue weighted by molar-refractivity contribution is -0.155. The van der Waals surface area contributed by atoms with Crippen molar-refractivity contribution in [3.63, 3.8) is 0 Å². The molecule has 0 bridgehead atoms. The van der Waals surface area contributed by atoms with Gasteiger partial charge in [-0.3, -0.25) is 19.2 Å². The van der Waals surface area contributed by atoms with Gasteiger partial charge in [0.15, 0.2) is 5.78 Å². The lowest BCUT2D eigenvalue weighted by Gasteiger charge is -2.15. The first-order valence-corrected chi connectivity index (χ1v) is 8.22. The van der Waals surface area contributed by atoms with E-state index in [1.54, 1.807) is 26.2 Å². The van der Waals surface area contributed by atoms with Gasteiger partial charge in [0.2, 0.25) is 5.92 Å². The van der Waals surface area contributed by atoms with Gasteiger partial charge in [0.1, 0.15) is 0 Å². The topological polar surface area (TPSA) is 90.0 Å². The minimum atomic E-state index is -1.75. The lowest BCUT2D eigenvalue weighted by atomic mass is 9.97. The van der Waals surface area contributed by atoms with Gasteiger partial charge in [0.25, 0.3) is 5.24 Å². The molecule has 0 atom stereocenters. The van der Waals surface area contributed by atoms with E-state index in [4.69, 9.17) is 0 Å². The van der Waals surface area contributed by atoms with Gasteiger partial charge < -0.3 is 14.4 Å². The van der Waals surface area contributed by atoms with E-state index >= 15 is 0 Å². The number of ketones is 1. The zero-order valence-electron chi connectivity index (χ0n) is 13.5. The van der Waals surface area contributed by atoms with Crippen LogP contribution >= 0.6 is 27.7 Å². The molecule has 0 heterocycles. The minimum Gasteiger partial charge on any atom is -0.468 e. The normalized spacial score (nSPS) is 10.2. The number of ether oxygens (including phenoxy) is 2. The summed E-state index contributed by atoms with van der Waals surface area (Å²) >= 11 is 4.04. The van der Waals surface area contributed by atoms with Crippen LogP contribution < -0.4 is 0 Å². The predicted octanol–water partition coefficient (Wildman–Crippen LogP) is 2.37. The molecule has 9 heteroatoms. The van der Waals surface area contributed by atoms with Crippen molar-refractivity contribution in [3.8, 4) is 0 Å². The van der Waals surface area contributed by atoms with Crippen LogP contribution in [-0.4, -0.2) is 56.2 Å². The standard InChI is InChI=1S/C15H16BrNO6S/c1-17(2)15(21)24-10-6-5-8(16)7-9(10)12(18)11(13(19)22-3)14(20)23-4/h5-7,11H,1-4H3. The predicted molar refractivity (Wildman–Crippen MR) is 90.9 cm³/mol. The van der Waals surface area contributed by atoms with E-state index in [2.05, 4.69) is 25.4 Å². The Morgan fingerprint density at radius 2 is 1.62 bits per heavy atom. The third-order valence-electron chi connectivity index (χ3n) is 2.91. The fourth-order valence-electron chi connectivity index (χ4n) is 1.67. The molecule has 1 rings (SSSR count). The Labute approximate surface area is 151 Å². The van der Waals surface area contributed by atoms with Crippen molar-refractivity contribution in [3.05, 3.63) is 28.2 Å². The van der Waals surface area contributed by atoms with Crippen LogP contribution in [0.3, 0.4) is 0 Å². The highest BCUT2D eigenvalue weighted by Gasteiger charge is 2.38. The summed E-state index contributed by atoms with van der Waals surface area (Å²) in [4.78, 5) is 49.9. The van der Waals surface area contributed by atoms with Gasteiger partial charge in [-0.15, -0.1) is 0 Å². The number of hydrogen-bond donors (Lipinski definition) is 0. The Hall–Kier alpha value is -1.87. The van der Waals surface area contributed by atoms with Gasteiger partial charge in [-0.1, -0.05) is 15.9 Å². The van der Waals surface area contributed by atoms with Crippen LogP contribution in [0, 0.1) is 5.92 Å². The summed E-state index contributed by atoms with van der Waals surface area (Å²) < 4.78 is 9.58. The van der Waals surface area contributed by atoms with E-state index in [1.807, 2.05) is 0 Å². The number of benzene rings is 1. The number of hydrogen-bond acceptors (Lipinski definition) is 7. The summed E-state index contributed by atoms with van der Waals surface area (Å²) in [6.07, 6.45) is 0. The fraction of sp³-hybridized carbons (Fsp3) is 0.333. The molecule has 1 aromatic carbocycles. The number of carbonyl (C=O) groups excluding carboxylic acids is 4. The average molecular weight is 418 g/mol. The van der Waals surface area contributed by atoms with Gasteiger partial charge in [-0.2, -0.15) is 0 Å².